The summed E-state index contributed by atoms with van der Waals surface area (Å²) < 4.78 is 0. The van der Waals surface area contributed by atoms with Crippen LogP contribution in [-0.4, -0.2) is 17.7 Å². The lowest BCUT2D eigenvalue weighted by Crippen LogP contribution is -2.42. The van der Waals surface area contributed by atoms with Crippen LogP contribution in [0, 0.1) is 12.8 Å². The highest BCUT2D eigenvalue weighted by atomic mass is 32.1. The van der Waals surface area contributed by atoms with Gasteiger partial charge in [-0.2, -0.15) is 0 Å². The highest BCUT2D eigenvalue weighted by molar-refractivity contribution is 7.80. The fourth-order valence-electron chi connectivity index (χ4n) is 1.52. The van der Waals surface area contributed by atoms with Crippen molar-refractivity contribution in [1.29, 1.82) is 0 Å². The Morgan fingerprint density at radius 1 is 1.35 bits per heavy atom. The van der Waals surface area contributed by atoms with E-state index < -0.39 is 0 Å². The summed E-state index contributed by atoms with van der Waals surface area (Å²) >= 11 is 7.11. The van der Waals surface area contributed by atoms with Crippen molar-refractivity contribution in [2.75, 3.05) is 6.54 Å². The molecule has 0 spiro atoms. The Kier molecular flexibility index (Phi) is 5.92. The van der Waals surface area contributed by atoms with Crippen molar-refractivity contribution in [2.24, 2.45) is 5.92 Å². The number of thiocarbonyl (C=S) groups is 1. The van der Waals surface area contributed by atoms with Gasteiger partial charge in [-0.1, -0.05) is 13.8 Å². The third kappa shape index (κ3) is 6.03. The number of rotatable bonds is 5. The third-order valence-corrected chi connectivity index (χ3v) is 3.64. The lowest BCUT2D eigenvalue weighted by Gasteiger charge is -2.17. The van der Waals surface area contributed by atoms with Crippen LogP contribution in [0.2, 0.25) is 0 Å². The molecule has 2 nitrogen and oxygen atoms in total. The molecule has 96 valence electrons. The van der Waals surface area contributed by atoms with E-state index in [0.29, 0.717) is 12.0 Å². The molecule has 0 radical (unpaired) electrons. The monoisotopic (exact) mass is 270 g/mol. The van der Waals surface area contributed by atoms with E-state index in [4.69, 9.17) is 12.2 Å². The molecule has 0 saturated heterocycles. The van der Waals surface area contributed by atoms with Crippen molar-refractivity contribution < 1.29 is 0 Å². The number of thiophene rings is 1. The van der Waals surface area contributed by atoms with Crippen molar-refractivity contribution in [3.63, 3.8) is 0 Å². The second-order valence-electron chi connectivity index (χ2n) is 4.87. The maximum absolute atomic E-state index is 5.25. The molecule has 0 saturated carbocycles. The molecular weight excluding hydrogens is 248 g/mol. The molecule has 2 N–H and O–H groups in total. The van der Waals surface area contributed by atoms with Crippen molar-refractivity contribution in [3.8, 4) is 0 Å². The Labute approximate surface area is 114 Å². The molecule has 1 aromatic rings. The molecule has 17 heavy (non-hydrogen) atoms. The summed E-state index contributed by atoms with van der Waals surface area (Å²) in [6.07, 6.45) is 1.03. The molecule has 0 bridgehead atoms. The molecule has 1 aromatic heterocycles. The van der Waals surface area contributed by atoms with Gasteiger partial charge in [-0.3, -0.25) is 0 Å². The van der Waals surface area contributed by atoms with E-state index in [9.17, 15) is 0 Å². The summed E-state index contributed by atoms with van der Waals surface area (Å²) in [6, 6.07) is 4.74. The molecule has 1 unspecified atom stereocenters. The van der Waals surface area contributed by atoms with Gasteiger partial charge in [0.2, 0.25) is 0 Å². The van der Waals surface area contributed by atoms with Gasteiger partial charge in [-0.25, -0.2) is 0 Å². The van der Waals surface area contributed by atoms with Crippen LogP contribution in [0.1, 0.15) is 30.5 Å². The Bertz CT molecular complexity index is 358. The molecular formula is C13H22N2S2. The fraction of sp³-hybridized carbons (Fsp3) is 0.615. The summed E-state index contributed by atoms with van der Waals surface area (Å²) in [7, 11) is 0. The van der Waals surface area contributed by atoms with Gasteiger partial charge >= 0.3 is 0 Å². The maximum Gasteiger partial charge on any atom is 0.166 e. The normalized spacial score (nSPS) is 12.5. The molecule has 0 fully saturated rings. The Balaban J connectivity index is 2.29. The molecule has 0 aliphatic rings. The zero-order valence-electron chi connectivity index (χ0n) is 11.0. The number of hydrogen-bond donors (Lipinski definition) is 2. The van der Waals surface area contributed by atoms with Gasteiger partial charge in [0, 0.05) is 28.8 Å². The van der Waals surface area contributed by atoms with Gasteiger partial charge in [-0.15, -0.1) is 11.3 Å². The zero-order chi connectivity index (χ0) is 12.8. The third-order valence-electron chi connectivity index (χ3n) is 2.35. The Morgan fingerprint density at radius 2 is 2.06 bits per heavy atom. The Morgan fingerprint density at radius 3 is 2.59 bits per heavy atom. The predicted octanol–water partition coefficient (Wildman–Crippen LogP) is 3.11. The van der Waals surface area contributed by atoms with Crippen LogP contribution < -0.4 is 10.6 Å². The topological polar surface area (TPSA) is 24.1 Å². The van der Waals surface area contributed by atoms with Crippen LogP contribution >= 0.6 is 23.6 Å². The first kappa shape index (κ1) is 14.5. The van der Waals surface area contributed by atoms with Crippen LogP contribution in [0.3, 0.4) is 0 Å². The van der Waals surface area contributed by atoms with Crippen LogP contribution in [0.15, 0.2) is 12.1 Å². The number of nitrogens with one attached hydrogen (secondary N) is 2. The maximum atomic E-state index is 5.25. The minimum Gasteiger partial charge on any atom is -0.362 e. The summed E-state index contributed by atoms with van der Waals surface area (Å²) in [4.78, 5) is 2.78. The van der Waals surface area contributed by atoms with E-state index in [-0.39, 0.29) is 0 Å². The molecule has 0 aliphatic carbocycles. The molecule has 1 heterocycles. The average Bonchev–Trinajstić information content (AvgIpc) is 2.60. The number of hydrogen-bond acceptors (Lipinski definition) is 2. The first-order valence-corrected chi connectivity index (χ1v) is 7.29. The van der Waals surface area contributed by atoms with E-state index in [1.54, 1.807) is 0 Å². The van der Waals surface area contributed by atoms with E-state index in [1.807, 2.05) is 11.3 Å². The lowest BCUT2D eigenvalue weighted by atomic mass is 10.2. The molecule has 1 atom stereocenters. The molecule has 4 heteroatoms. The molecule has 1 rings (SSSR count). The fourth-order valence-corrected chi connectivity index (χ4v) is 2.82. The minimum atomic E-state index is 0.375. The van der Waals surface area contributed by atoms with Gasteiger partial charge in [0.05, 0.1) is 0 Å². The number of aryl methyl sites for hydroxylation is 1. The summed E-state index contributed by atoms with van der Waals surface area (Å²) in [5.41, 5.74) is 0. The molecule has 0 aromatic carbocycles. The first-order valence-electron chi connectivity index (χ1n) is 6.07. The quantitative estimate of drug-likeness (QED) is 0.804. The van der Waals surface area contributed by atoms with Crippen LogP contribution in [0.4, 0.5) is 0 Å². The van der Waals surface area contributed by atoms with Crippen LogP contribution in [0.5, 0.6) is 0 Å². The lowest BCUT2D eigenvalue weighted by molar-refractivity contribution is 0.601. The second kappa shape index (κ2) is 6.97. The van der Waals surface area contributed by atoms with Gasteiger partial charge < -0.3 is 10.6 Å². The zero-order valence-corrected chi connectivity index (χ0v) is 12.7. The summed E-state index contributed by atoms with van der Waals surface area (Å²) in [5.74, 6) is 0.616. The van der Waals surface area contributed by atoms with Crippen molar-refractivity contribution in [1.82, 2.24) is 10.6 Å². The van der Waals surface area contributed by atoms with Crippen LogP contribution in [0.25, 0.3) is 0 Å². The smallest absolute Gasteiger partial charge is 0.166 e. The molecule has 0 amide bonds. The highest BCUT2D eigenvalue weighted by Gasteiger charge is 2.07. The van der Waals surface area contributed by atoms with E-state index >= 15 is 0 Å². The van der Waals surface area contributed by atoms with E-state index in [1.165, 1.54) is 9.75 Å². The van der Waals surface area contributed by atoms with Crippen molar-refractivity contribution in [3.05, 3.63) is 21.9 Å². The van der Waals surface area contributed by atoms with Crippen LogP contribution in [-0.2, 0) is 6.42 Å². The molecule has 0 aliphatic heterocycles. The van der Waals surface area contributed by atoms with E-state index in [0.717, 1.165) is 18.1 Å². The Hall–Kier alpha value is -0.610. The van der Waals surface area contributed by atoms with E-state index in [2.05, 4.69) is 50.5 Å². The van der Waals surface area contributed by atoms with Gasteiger partial charge in [0.15, 0.2) is 5.11 Å². The summed E-state index contributed by atoms with van der Waals surface area (Å²) in [6.45, 7) is 9.58. The van der Waals surface area contributed by atoms with Gasteiger partial charge in [-0.05, 0) is 44.1 Å². The van der Waals surface area contributed by atoms with Crippen molar-refractivity contribution in [2.45, 2.75) is 40.2 Å². The second-order valence-corrected chi connectivity index (χ2v) is 6.65. The summed E-state index contributed by atoms with van der Waals surface area (Å²) in [5, 5.41) is 7.31. The standard InChI is InChI=1S/C13H22N2S2/c1-9(2)8-14-13(16)15-10(3)7-12-6-5-11(4)17-12/h5-6,9-10H,7-8H2,1-4H3,(H2,14,15,16). The SMILES string of the molecule is Cc1ccc(CC(C)NC(=S)NCC(C)C)s1. The predicted molar refractivity (Wildman–Crippen MR) is 80.8 cm³/mol. The highest BCUT2D eigenvalue weighted by Crippen LogP contribution is 2.16. The van der Waals surface area contributed by atoms with Crippen molar-refractivity contribution >= 4 is 28.7 Å². The minimum absolute atomic E-state index is 0.375. The largest absolute Gasteiger partial charge is 0.362 e. The van der Waals surface area contributed by atoms with Gasteiger partial charge in [0.25, 0.3) is 0 Å². The van der Waals surface area contributed by atoms with Gasteiger partial charge in [0.1, 0.15) is 0 Å². The average molecular weight is 270 g/mol. The first-order chi connectivity index (χ1) is 7.97.